The van der Waals surface area contributed by atoms with E-state index in [4.69, 9.17) is 5.73 Å². The number of hydrogen-bond donors (Lipinski definition) is 2. The van der Waals surface area contributed by atoms with Gasteiger partial charge in [0.2, 0.25) is 10.0 Å². The molecule has 3 unspecified atom stereocenters. The molecule has 5 heteroatoms. The maximum atomic E-state index is 12.8. The fraction of sp³-hybridized carbons (Fsp3) is 0.625. The summed E-state index contributed by atoms with van der Waals surface area (Å²) in [6.07, 6.45) is 3.12. The Morgan fingerprint density at radius 2 is 1.95 bits per heavy atom. The molecule has 1 aliphatic carbocycles. The predicted octanol–water partition coefficient (Wildman–Crippen LogP) is 2.99. The van der Waals surface area contributed by atoms with E-state index in [0.717, 1.165) is 24.8 Å². The van der Waals surface area contributed by atoms with Crippen LogP contribution in [0.4, 0.5) is 5.69 Å². The smallest absolute Gasteiger partial charge is 0.241 e. The third kappa shape index (κ3) is 3.09. The summed E-state index contributed by atoms with van der Waals surface area (Å²) in [6.45, 7) is 7.90. The molecule has 3 atom stereocenters. The SMILES string of the molecule is CCC1CCC(NS(=O)(=O)c2c(C)ccc(N)c2C)C1C. The number of benzene rings is 1. The maximum Gasteiger partial charge on any atom is 0.241 e. The van der Waals surface area contributed by atoms with E-state index in [0.29, 0.717) is 28.0 Å². The van der Waals surface area contributed by atoms with E-state index in [1.54, 1.807) is 19.1 Å². The average Bonchev–Trinajstić information content (AvgIpc) is 2.74. The fourth-order valence-corrected chi connectivity index (χ4v) is 5.37. The molecule has 0 bridgehead atoms. The van der Waals surface area contributed by atoms with E-state index in [1.165, 1.54) is 0 Å². The molecule has 1 saturated carbocycles. The van der Waals surface area contributed by atoms with Crippen LogP contribution in [0.25, 0.3) is 0 Å². The van der Waals surface area contributed by atoms with Crippen LogP contribution in [0.2, 0.25) is 0 Å². The Bertz CT molecular complexity index is 625. The van der Waals surface area contributed by atoms with Crippen molar-refractivity contribution in [2.24, 2.45) is 11.8 Å². The van der Waals surface area contributed by atoms with E-state index in [9.17, 15) is 8.42 Å². The number of anilines is 1. The first-order valence-electron chi connectivity index (χ1n) is 7.66. The van der Waals surface area contributed by atoms with Crippen LogP contribution in [0.3, 0.4) is 0 Å². The molecule has 1 fully saturated rings. The number of aryl methyl sites for hydroxylation is 1. The van der Waals surface area contributed by atoms with Gasteiger partial charge in [0.25, 0.3) is 0 Å². The van der Waals surface area contributed by atoms with Crippen molar-refractivity contribution >= 4 is 15.7 Å². The first-order valence-corrected chi connectivity index (χ1v) is 9.14. The molecule has 1 aromatic rings. The molecular weight excluding hydrogens is 284 g/mol. The normalized spacial score (nSPS) is 26.2. The second-order valence-electron chi connectivity index (χ2n) is 6.26. The van der Waals surface area contributed by atoms with Crippen molar-refractivity contribution in [2.45, 2.75) is 57.9 Å². The van der Waals surface area contributed by atoms with Crippen LogP contribution in [0.5, 0.6) is 0 Å². The quantitative estimate of drug-likeness (QED) is 0.840. The molecule has 21 heavy (non-hydrogen) atoms. The molecular formula is C16H26N2O2S. The zero-order valence-corrected chi connectivity index (χ0v) is 14.1. The summed E-state index contributed by atoms with van der Waals surface area (Å²) in [5.74, 6) is 0.993. The highest BCUT2D eigenvalue weighted by molar-refractivity contribution is 7.89. The Morgan fingerprint density at radius 3 is 2.52 bits per heavy atom. The summed E-state index contributed by atoms with van der Waals surface area (Å²) in [5, 5.41) is 0. The number of nitrogens with two attached hydrogens (primary N) is 1. The van der Waals surface area contributed by atoms with Gasteiger partial charge in [-0.15, -0.1) is 0 Å². The second kappa shape index (κ2) is 5.97. The average molecular weight is 310 g/mol. The van der Waals surface area contributed by atoms with E-state index < -0.39 is 10.0 Å². The fourth-order valence-electron chi connectivity index (χ4n) is 3.50. The van der Waals surface area contributed by atoms with E-state index in [-0.39, 0.29) is 6.04 Å². The van der Waals surface area contributed by atoms with Crippen molar-refractivity contribution in [2.75, 3.05) is 5.73 Å². The highest BCUT2D eigenvalue weighted by atomic mass is 32.2. The van der Waals surface area contributed by atoms with Crippen molar-refractivity contribution < 1.29 is 8.42 Å². The minimum Gasteiger partial charge on any atom is -0.398 e. The van der Waals surface area contributed by atoms with Gasteiger partial charge in [0.1, 0.15) is 0 Å². The monoisotopic (exact) mass is 310 g/mol. The number of nitrogens with one attached hydrogen (secondary N) is 1. The zero-order chi connectivity index (χ0) is 15.8. The molecule has 2 rings (SSSR count). The molecule has 0 radical (unpaired) electrons. The molecule has 0 spiro atoms. The highest BCUT2D eigenvalue weighted by Crippen LogP contribution is 2.35. The first-order chi connectivity index (χ1) is 9.77. The number of nitrogen functional groups attached to an aromatic ring is 1. The Morgan fingerprint density at radius 1 is 1.29 bits per heavy atom. The summed E-state index contributed by atoms with van der Waals surface area (Å²) in [5.41, 5.74) is 7.77. The Hall–Kier alpha value is -1.07. The number of rotatable bonds is 4. The van der Waals surface area contributed by atoms with Crippen LogP contribution in [-0.4, -0.2) is 14.5 Å². The summed E-state index contributed by atoms with van der Waals surface area (Å²) in [6, 6.07) is 3.55. The summed E-state index contributed by atoms with van der Waals surface area (Å²) >= 11 is 0. The van der Waals surface area contributed by atoms with Gasteiger partial charge >= 0.3 is 0 Å². The molecule has 0 saturated heterocycles. The van der Waals surface area contributed by atoms with Gasteiger partial charge < -0.3 is 5.73 Å². The largest absolute Gasteiger partial charge is 0.398 e. The minimum atomic E-state index is -3.52. The minimum absolute atomic E-state index is 0.0279. The van der Waals surface area contributed by atoms with Crippen molar-refractivity contribution in [3.8, 4) is 0 Å². The lowest BCUT2D eigenvalue weighted by Crippen LogP contribution is -2.38. The van der Waals surface area contributed by atoms with Crippen molar-refractivity contribution in [1.82, 2.24) is 4.72 Å². The molecule has 4 nitrogen and oxygen atoms in total. The number of sulfonamides is 1. The lowest BCUT2D eigenvalue weighted by molar-refractivity contribution is 0.368. The van der Waals surface area contributed by atoms with Gasteiger partial charge in [-0.3, -0.25) is 0 Å². The predicted molar refractivity (Wildman–Crippen MR) is 86.6 cm³/mol. The van der Waals surface area contributed by atoms with Crippen LogP contribution >= 0.6 is 0 Å². The van der Waals surface area contributed by atoms with Crippen LogP contribution in [-0.2, 0) is 10.0 Å². The first kappa shape index (κ1) is 16.3. The van der Waals surface area contributed by atoms with Crippen molar-refractivity contribution in [1.29, 1.82) is 0 Å². The molecule has 0 heterocycles. The lowest BCUT2D eigenvalue weighted by Gasteiger charge is -2.22. The molecule has 0 aliphatic heterocycles. The molecule has 118 valence electrons. The van der Waals surface area contributed by atoms with E-state index in [2.05, 4.69) is 18.6 Å². The summed E-state index contributed by atoms with van der Waals surface area (Å²) in [7, 11) is -3.52. The van der Waals surface area contributed by atoms with Crippen molar-refractivity contribution in [3.05, 3.63) is 23.3 Å². The molecule has 0 aromatic heterocycles. The van der Waals surface area contributed by atoms with Crippen LogP contribution in [0.1, 0.15) is 44.2 Å². The second-order valence-corrected chi connectivity index (χ2v) is 7.91. The van der Waals surface area contributed by atoms with Gasteiger partial charge in [-0.2, -0.15) is 0 Å². The molecule has 1 aromatic carbocycles. The third-order valence-electron chi connectivity index (χ3n) is 4.97. The van der Waals surface area contributed by atoms with Gasteiger partial charge in [-0.1, -0.05) is 26.3 Å². The third-order valence-corrected chi connectivity index (χ3v) is 6.75. The molecule has 0 amide bonds. The van der Waals surface area contributed by atoms with Gasteiger partial charge in [-0.05, 0) is 55.7 Å². The lowest BCUT2D eigenvalue weighted by atomic mass is 9.94. The van der Waals surface area contributed by atoms with E-state index in [1.807, 2.05) is 6.92 Å². The zero-order valence-electron chi connectivity index (χ0n) is 13.3. The summed E-state index contributed by atoms with van der Waals surface area (Å²) in [4.78, 5) is 0.342. The van der Waals surface area contributed by atoms with Gasteiger partial charge in [0, 0.05) is 11.7 Å². The number of hydrogen-bond acceptors (Lipinski definition) is 3. The Kier molecular flexibility index (Phi) is 4.63. The van der Waals surface area contributed by atoms with Crippen LogP contribution in [0, 0.1) is 25.7 Å². The highest BCUT2D eigenvalue weighted by Gasteiger charge is 2.35. The van der Waals surface area contributed by atoms with Crippen LogP contribution < -0.4 is 10.5 Å². The van der Waals surface area contributed by atoms with Gasteiger partial charge in [0.15, 0.2) is 0 Å². The topological polar surface area (TPSA) is 72.2 Å². The van der Waals surface area contributed by atoms with E-state index >= 15 is 0 Å². The van der Waals surface area contributed by atoms with Crippen molar-refractivity contribution in [3.63, 3.8) is 0 Å². The standard InChI is InChI=1S/C16H26N2O2S/c1-5-13-7-9-15(11(13)3)18-21(19,20)16-10(2)6-8-14(17)12(16)4/h6,8,11,13,15,18H,5,7,9,17H2,1-4H3. The van der Waals surface area contributed by atoms with Gasteiger partial charge in [0.05, 0.1) is 4.90 Å². The Labute approximate surface area is 128 Å². The molecule has 1 aliphatic rings. The van der Waals surface area contributed by atoms with Crippen LogP contribution in [0.15, 0.2) is 17.0 Å². The van der Waals surface area contributed by atoms with Gasteiger partial charge in [-0.25, -0.2) is 13.1 Å². The molecule has 3 N–H and O–H groups in total. The Balaban J connectivity index is 2.30. The summed E-state index contributed by atoms with van der Waals surface area (Å²) < 4.78 is 28.4. The maximum absolute atomic E-state index is 12.8.